The first-order valence-corrected chi connectivity index (χ1v) is 16.0. The summed E-state index contributed by atoms with van der Waals surface area (Å²) < 4.78 is 6.31. The van der Waals surface area contributed by atoms with Gasteiger partial charge in [0.25, 0.3) is 0 Å². The van der Waals surface area contributed by atoms with E-state index >= 15 is 0 Å². The van der Waals surface area contributed by atoms with Crippen LogP contribution in [0.25, 0.3) is 0 Å². The molecular formula is C31H50N2O5S. The number of hydrogen-bond donors (Lipinski definition) is 2. The van der Waals surface area contributed by atoms with E-state index in [4.69, 9.17) is 10.5 Å². The first-order valence-electron chi connectivity index (χ1n) is 15.0. The third kappa shape index (κ3) is 5.46. The Kier molecular flexibility index (Phi) is 9.00. The van der Waals surface area contributed by atoms with E-state index in [1.807, 2.05) is 31.7 Å². The van der Waals surface area contributed by atoms with Gasteiger partial charge < -0.3 is 20.5 Å². The van der Waals surface area contributed by atoms with Crippen LogP contribution in [0.2, 0.25) is 0 Å². The van der Waals surface area contributed by atoms with Gasteiger partial charge in [-0.3, -0.25) is 14.4 Å². The first-order chi connectivity index (χ1) is 18.3. The number of rotatable bonds is 7. The minimum Gasteiger partial charge on any atom is -0.461 e. The Hall–Kier alpha value is -1.38. The molecule has 0 aromatic carbocycles. The Morgan fingerprint density at radius 1 is 1.26 bits per heavy atom. The third-order valence-corrected chi connectivity index (χ3v) is 12.3. The number of amides is 1. The second-order valence-electron chi connectivity index (χ2n) is 13.7. The van der Waals surface area contributed by atoms with Gasteiger partial charge in [-0.1, -0.05) is 47.1 Å². The van der Waals surface area contributed by atoms with E-state index in [0.29, 0.717) is 25.9 Å². The van der Waals surface area contributed by atoms with Crippen molar-refractivity contribution in [3.63, 3.8) is 0 Å². The number of likely N-dealkylation sites (tertiary alicyclic amines) is 1. The summed E-state index contributed by atoms with van der Waals surface area (Å²) in [6.07, 6.45) is 7.04. The molecule has 1 saturated heterocycles. The van der Waals surface area contributed by atoms with Crippen molar-refractivity contribution in [2.75, 3.05) is 18.8 Å². The van der Waals surface area contributed by atoms with E-state index in [1.54, 1.807) is 11.8 Å². The van der Waals surface area contributed by atoms with Crippen LogP contribution in [0, 0.1) is 34.0 Å². The summed E-state index contributed by atoms with van der Waals surface area (Å²) in [4.78, 5) is 41.4. The summed E-state index contributed by atoms with van der Waals surface area (Å²) in [7, 11) is 0. The van der Waals surface area contributed by atoms with Crippen molar-refractivity contribution < 1.29 is 24.2 Å². The molecule has 3 aliphatic carbocycles. The molecule has 0 spiro atoms. The minimum atomic E-state index is -0.662. The zero-order valence-electron chi connectivity index (χ0n) is 24.6. The Labute approximate surface area is 239 Å². The van der Waals surface area contributed by atoms with Crippen molar-refractivity contribution in [3.8, 4) is 0 Å². The molecule has 9 atom stereocenters. The number of nitrogens with zero attached hydrogens (tertiary/aromatic N) is 1. The number of aliphatic hydroxyl groups is 1. The van der Waals surface area contributed by atoms with Gasteiger partial charge in [0.15, 0.2) is 0 Å². The Bertz CT molecular complexity index is 973. The van der Waals surface area contributed by atoms with E-state index in [9.17, 15) is 19.5 Å². The molecular weight excluding hydrogens is 512 g/mol. The second kappa shape index (κ2) is 11.5. The Morgan fingerprint density at radius 3 is 2.64 bits per heavy atom. The maximum atomic E-state index is 13.4. The van der Waals surface area contributed by atoms with Crippen LogP contribution in [0.15, 0.2) is 12.7 Å². The normalized spacial score (nSPS) is 41.4. The highest BCUT2D eigenvalue weighted by Crippen LogP contribution is 2.66. The lowest BCUT2D eigenvalue weighted by molar-refractivity contribution is -0.193. The number of carbonyl (C=O) groups is 3. The van der Waals surface area contributed by atoms with Crippen LogP contribution in [0.5, 0.6) is 0 Å². The van der Waals surface area contributed by atoms with Crippen molar-refractivity contribution in [2.45, 2.75) is 109 Å². The molecule has 0 aromatic rings. The molecule has 4 fully saturated rings. The average Bonchev–Trinajstić information content (AvgIpc) is 3.28. The lowest BCUT2D eigenvalue weighted by Crippen LogP contribution is -2.60. The molecule has 1 aliphatic heterocycles. The number of ketones is 1. The van der Waals surface area contributed by atoms with Crippen molar-refractivity contribution >= 4 is 29.4 Å². The highest BCUT2D eigenvalue weighted by Gasteiger charge is 2.66. The number of Topliss-reactive ketones (excluding diaryl/α,β-unsaturated/α-hetero) is 1. The molecule has 1 amide bonds. The van der Waals surface area contributed by atoms with Gasteiger partial charge in [-0.05, 0) is 55.8 Å². The first kappa shape index (κ1) is 30.6. The smallest absolute Gasteiger partial charge is 0.316 e. The number of thioether (sulfide) groups is 1. The predicted octanol–water partition coefficient (Wildman–Crippen LogP) is 4.35. The van der Waals surface area contributed by atoms with Gasteiger partial charge in [0.1, 0.15) is 11.9 Å². The summed E-state index contributed by atoms with van der Waals surface area (Å²) in [5, 5.41) is 11.8. The van der Waals surface area contributed by atoms with E-state index < -0.39 is 29.1 Å². The van der Waals surface area contributed by atoms with Gasteiger partial charge in [-0.15, -0.1) is 18.3 Å². The fourth-order valence-electron chi connectivity index (χ4n) is 8.44. The predicted molar refractivity (Wildman–Crippen MR) is 155 cm³/mol. The average molecular weight is 563 g/mol. The van der Waals surface area contributed by atoms with Crippen LogP contribution < -0.4 is 5.73 Å². The molecule has 3 unspecified atom stereocenters. The molecule has 7 nitrogen and oxygen atoms in total. The SMILES string of the molecule is C=C[C@]1(C)C[C@@H](OC(=O)CS[C@H]2CCCN(C(=O)[C@@H](N)C(C)C)C2)[C@]2(C)CCCC3(CCC(=O)C32)[C@@H](C)C1O. The van der Waals surface area contributed by atoms with Crippen molar-refractivity contribution in [1.82, 2.24) is 4.90 Å². The second-order valence-corrected chi connectivity index (χ2v) is 15.0. The van der Waals surface area contributed by atoms with Gasteiger partial charge in [0.05, 0.1) is 17.9 Å². The van der Waals surface area contributed by atoms with Crippen molar-refractivity contribution in [1.29, 1.82) is 0 Å². The van der Waals surface area contributed by atoms with E-state index in [0.717, 1.165) is 38.5 Å². The van der Waals surface area contributed by atoms with Crippen molar-refractivity contribution in [3.05, 3.63) is 12.7 Å². The molecule has 2 bridgehead atoms. The number of esters is 1. The number of hydrogen-bond acceptors (Lipinski definition) is 7. The Morgan fingerprint density at radius 2 is 1.97 bits per heavy atom. The standard InChI is InChI=1S/C31H50N2O5S/c1-7-29(5)16-23(30(6)12-9-13-31(20(4)27(29)36)14-11-22(34)26(30)31)38-24(35)18-39-21-10-8-15-33(17-21)28(37)25(32)19(2)3/h7,19-21,23,25-27,36H,1,8-18,32H2,2-6H3/t20-,21-,23+,25-,26?,27?,29+,30-,31?/m0/s1. The zero-order valence-corrected chi connectivity index (χ0v) is 25.4. The molecule has 3 N–H and O–H groups in total. The number of carbonyl (C=O) groups excluding carboxylic acids is 3. The quantitative estimate of drug-likeness (QED) is 0.351. The van der Waals surface area contributed by atoms with Gasteiger partial charge in [0.2, 0.25) is 5.91 Å². The molecule has 0 radical (unpaired) electrons. The topological polar surface area (TPSA) is 110 Å². The summed E-state index contributed by atoms with van der Waals surface area (Å²) in [6.45, 7) is 15.6. The summed E-state index contributed by atoms with van der Waals surface area (Å²) in [6, 6.07) is -0.503. The van der Waals surface area contributed by atoms with E-state index in [-0.39, 0.29) is 51.8 Å². The van der Waals surface area contributed by atoms with Crippen LogP contribution >= 0.6 is 11.8 Å². The highest BCUT2D eigenvalue weighted by atomic mass is 32.2. The summed E-state index contributed by atoms with van der Waals surface area (Å²) >= 11 is 1.55. The molecule has 4 rings (SSSR count). The molecule has 1 heterocycles. The number of ether oxygens (including phenoxy) is 1. The Balaban J connectivity index is 1.49. The van der Waals surface area contributed by atoms with Gasteiger partial charge in [0, 0.05) is 41.5 Å². The molecule has 39 heavy (non-hydrogen) atoms. The fraction of sp³-hybridized carbons (Fsp3) is 0.839. The van der Waals surface area contributed by atoms with Gasteiger partial charge in [-0.25, -0.2) is 0 Å². The minimum absolute atomic E-state index is 0.0150. The lowest BCUT2D eigenvalue weighted by Gasteiger charge is -2.59. The fourth-order valence-corrected chi connectivity index (χ4v) is 9.49. The number of piperidine rings is 1. The monoisotopic (exact) mass is 562 g/mol. The number of aliphatic hydroxyl groups excluding tert-OH is 1. The third-order valence-electron chi connectivity index (χ3n) is 11.0. The van der Waals surface area contributed by atoms with Crippen LogP contribution in [-0.2, 0) is 19.1 Å². The van der Waals surface area contributed by atoms with Crippen LogP contribution in [0.1, 0.15) is 86.0 Å². The molecule has 220 valence electrons. The van der Waals surface area contributed by atoms with Crippen molar-refractivity contribution in [2.24, 2.45) is 39.7 Å². The van der Waals surface area contributed by atoms with E-state index in [2.05, 4.69) is 20.4 Å². The van der Waals surface area contributed by atoms with Gasteiger partial charge >= 0.3 is 5.97 Å². The van der Waals surface area contributed by atoms with Crippen LogP contribution in [0.3, 0.4) is 0 Å². The van der Waals surface area contributed by atoms with E-state index in [1.165, 1.54) is 0 Å². The number of nitrogens with two attached hydrogens (primary N) is 1. The molecule has 4 aliphatic rings. The van der Waals surface area contributed by atoms with Crippen LogP contribution in [-0.4, -0.2) is 70.0 Å². The van der Waals surface area contributed by atoms with Crippen LogP contribution in [0.4, 0.5) is 0 Å². The molecule has 0 aromatic heterocycles. The summed E-state index contributed by atoms with van der Waals surface area (Å²) in [5.41, 5.74) is 4.76. The van der Waals surface area contributed by atoms with Gasteiger partial charge in [-0.2, -0.15) is 0 Å². The maximum absolute atomic E-state index is 13.4. The zero-order chi connectivity index (χ0) is 28.8. The highest BCUT2D eigenvalue weighted by molar-refractivity contribution is 8.00. The summed E-state index contributed by atoms with van der Waals surface area (Å²) in [5.74, 6) is 0.00162. The lowest BCUT2D eigenvalue weighted by atomic mass is 9.46. The maximum Gasteiger partial charge on any atom is 0.316 e. The molecule has 3 saturated carbocycles. The molecule has 8 heteroatoms. The largest absolute Gasteiger partial charge is 0.461 e.